The van der Waals surface area contributed by atoms with Gasteiger partial charge in [-0.05, 0) is 35.2 Å². The van der Waals surface area contributed by atoms with Crippen molar-refractivity contribution in [1.82, 2.24) is 9.99 Å². The first-order valence-corrected chi connectivity index (χ1v) is 7.10. The number of imide groups is 1. The molecule has 4 rings (SSSR count). The molecule has 0 atom stereocenters. The Bertz CT molecular complexity index is 914. The first kappa shape index (κ1) is 13.3. The Morgan fingerprint density at radius 3 is 2.09 bits per heavy atom. The highest BCUT2D eigenvalue weighted by Gasteiger charge is 2.32. The number of hydrogen-bond acceptors (Lipinski definition) is 4. The van der Waals surface area contributed by atoms with Crippen molar-refractivity contribution in [1.29, 1.82) is 0 Å². The van der Waals surface area contributed by atoms with Crippen molar-refractivity contribution in [2.75, 3.05) is 0 Å². The second-order valence-electron chi connectivity index (χ2n) is 5.16. The van der Waals surface area contributed by atoms with Gasteiger partial charge in [0.05, 0.1) is 17.3 Å². The SMILES string of the molecule is O=C1c2cccc3cccc(c23)C(=O)N1N=Cc1ccncc1. The lowest BCUT2D eigenvalue weighted by atomic mass is 9.95. The largest absolute Gasteiger partial charge is 0.282 e. The van der Waals surface area contributed by atoms with Crippen molar-refractivity contribution >= 4 is 28.8 Å². The predicted octanol–water partition coefficient (Wildman–Crippen LogP) is 2.86. The van der Waals surface area contributed by atoms with E-state index in [1.54, 1.807) is 48.8 Å². The lowest BCUT2D eigenvalue weighted by molar-refractivity contribution is 0.0616. The van der Waals surface area contributed by atoms with Gasteiger partial charge < -0.3 is 0 Å². The highest BCUT2D eigenvalue weighted by Crippen LogP contribution is 2.29. The van der Waals surface area contributed by atoms with E-state index in [0.717, 1.165) is 16.0 Å². The summed E-state index contributed by atoms with van der Waals surface area (Å²) in [5, 5.41) is 6.57. The summed E-state index contributed by atoms with van der Waals surface area (Å²) in [4.78, 5) is 29.1. The molecule has 2 heterocycles. The van der Waals surface area contributed by atoms with Crippen LogP contribution in [0.3, 0.4) is 0 Å². The predicted molar refractivity (Wildman–Crippen MR) is 86.3 cm³/mol. The first-order chi connectivity index (χ1) is 11.3. The molecule has 0 aliphatic carbocycles. The van der Waals surface area contributed by atoms with Crippen LogP contribution in [-0.4, -0.2) is 28.0 Å². The van der Waals surface area contributed by atoms with Crippen molar-refractivity contribution in [2.45, 2.75) is 0 Å². The van der Waals surface area contributed by atoms with Gasteiger partial charge in [0.25, 0.3) is 11.8 Å². The van der Waals surface area contributed by atoms with Gasteiger partial charge in [-0.15, -0.1) is 0 Å². The van der Waals surface area contributed by atoms with Crippen LogP contribution in [0.1, 0.15) is 26.3 Å². The van der Waals surface area contributed by atoms with Gasteiger partial charge in [0.15, 0.2) is 0 Å². The molecule has 5 heteroatoms. The normalized spacial score (nSPS) is 14.0. The smallest absolute Gasteiger partial charge is 0.267 e. The average Bonchev–Trinajstić information content (AvgIpc) is 2.60. The number of carbonyl (C=O) groups is 2. The molecule has 0 N–H and O–H groups in total. The molecule has 5 nitrogen and oxygen atoms in total. The standard InChI is InChI=1S/C18H11N3O2/c22-17-14-5-1-3-13-4-2-6-15(16(13)14)18(23)21(17)20-11-12-7-9-19-10-8-12/h1-11H. The molecule has 2 aromatic carbocycles. The molecule has 0 fully saturated rings. The van der Waals surface area contributed by atoms with Crippen LogP contribution in [0.15, 0.2) is 66.0 Å². The summed E-state index contributed by atoms with van der Waals surface area (Å²) in [5.74, 6) is -0.825. The second kappa shape index (κ2) is 5.14. The van der Waals surface area contributed by atoms with Crippen LogP contribution in [0.5, 0.6) is 0 Å². The Labute approximate surface area is 131 Å². The van der Waals surface area contributed by atoms with Crippen LogP contribution >= 0.6 is 0 Å². The Kier molecular flexibility index (Phi) is 2.98. The maximum atomic E-state index is 12.6. The van der Waals surface area contributed by atoms with Crippen LogP contribution in [-0.2, 0) is 0 Å². The minimum Gasteiger partial charge on any atom is -0.267 e. The fraction of sp³-hybridized carbons (Fsp3) is 0. The number of rotatable bonds is 2. The van der Waals surface area contributed by atoms with E-state index < -0.39 is 11.8 Å². The maximum absolute atomic E-state index is 12.6. The summed E-state index contributed by atoms with van der Waals surface area (Å²) in [6.07, 6.45) is 4.72. The summed E-state index contributed by atoms with van der Waals surface area (Å²) in [7, 11) is 0. The molecule has 0 radical (unpaired) electrons. The number of benzene rings is 2. The van der Waals surface area contributed by atoms with Crippen LogP contribution in [0.4, 0.5) is 0 Å². The highest BCUT2D eigenvalue weighted by molar-refractivity contribution is 6.25. The van der Waals surface area contributed by atoms with E-state index in [4.69, 9.17) is 0 Å². The quantitative estimate of drug-likeness (QED) is 0.540. The molecule has 1 aliphatic heterocycles. The summed E-state index contributed by atoms with van der Waals surface area (Å²) < 4.78 is 0. The Morgan fingerprint density at radius 2 is 1.48 bits per heavy atom. The minimum atomic E-state index is -0.412. The van der Waals surface area contributed by atoms with Crippen LogP contribution in [0.2, 0.25) is 0 Å². The molecule has 3 aromatic rings. The molecular weight excluding hydrogens is 290 g/mol. The Hall–Kier alpha value is -3.34. The van der Waals surface area contributed by atoms with Gasteiger partial charge in [0, 0.05) is 17.8 Å². The fourth-order valence-corrected chi connectivity index (χ4v) is 2.70. The summed E-state index contributed by atoms with van der Waals surface area (Å²) in [6.45, 7) is 0. The second-order valence-corrected chi connectivity index (χ2v) is 5.16. The third kappa shape index (κ3) is 2.10. The topological polar surface area (TPSA) is 62.6 Å². The first-order valence-electron chi connectivity index (χ1n) is 7.10. The molecule has 0 bridgehead atoms. The van der Waals surface area contributed by atoms with E-state index in [1.807, 2.05) is 12.1 Å². The van der Waals surface area contributed by atoms with Gasteiger partial charge in [0.2, 0.25) is 0 Å². The highest BCUT2D eigenvalue weighted by atomic mass is 16.2. The van der Waals surface area contributed by atoms with Gasteiger partial charge in [-0.25, -0.2) is 0 Å². The average molecular weight is 301 g/mol. The third-order valence-electron chi connectivity index (χ3n) is 3.78. The summed E-state index contributed by atoms with van der Waals surface area (Å²) in [6, 6.07) is 14.3. The van der Waals surface area contributed by atoms with E-state index in [0.29, 0.717) is 16.5 Å². The minimum absolute atomic E-state index is 0.412. The number of aromatic nitrogens is 1. The molecule has 110 valence electrons. The molecule has 23 heavy (non-hydrogen) atoms. The van der Waals surface area contributed by atoms with Crippen molar-refractivity contribution < 1.29 is 9.59 Å². The molecule has 0 unspecified atom stereocenters. The lowest BCUT2D eigenvalue weighted by Crippen LogP contribution is -2.36. The molecule has 0 saturated carbocycles. The van der Waals surface area contributed by atoms with Gasteiger partial charge in [-0.2, -0.15) is 10.1 Å². The van der Waals surface area contributed by atoms with E-state index in [2.05, 4.69) is 10.1 Å². The van der Waals surface area contributed by atoms with Crippen LogP contribution in [0.25, 0.3) is 10.8 Å². The molecule has 0 spiro atoms. The summed E-state index contributed by atoms with van der Waals surface area (Å²) >= 11 is 0. The Balaban J connectivity index is 1.82. The molecular formula is C18H11N3O2. The number of amides is 2. The molecule has 2 amide bonds. The van der Waals surface area contributed by atoms with Gasteiger partial charge in [-0.1, -0.05) is 24.3 Å². The number of nitrogens with zero attached hydrogens (tertiary/aromatic N) is 3. The Morgan fingerprint density at radius 1 is 0.870 bits per heavy atom. The zero-order valence-electron chi connectivity index (χ0n) is 12.0. The van der Waals surface area contributed by atoms with E-state index in [1.165, 1.54) is 6.21 Å². The lowest BCUT2D eigenvalue weighted by Gasteiger charge is -2.22. The molecule has 1 aliphatic rings. The molecule has 1 aromatic heterocycles. The zero-order valence-corrected chi connectivity index (χ0v) is 12.0. The third-order valence-corrected chi connectivity index (χ3v) is 3.78. The monoisotopic (exact) mass is 301 g/mol. The van der Waals surface area contributed by atoms with Gasteiger partial charge in [0.1, 0.15) is 0 Å². The van der Waals surface area contributed by atoms with Gasteiger partial charge in [-0.3, -0.25) is 14.6 Å². The van der Waals surface area contributed by atoms with Crippen molar-refractivity contribution in [2.24, 2.45) is 5.10 Å². The fourth-order valence-electron chi connectivity index (χ4n) is 2.70. The number of hydrazone groups is 1. The van der Waals surface area contributed by atoms with Crippen LogP contribution in [0, 0.1) is 0 Å². The number of hydrogen-bond donors (Lipinski definition) is 0. The van der Waals surface area contributed by atoms with Gasteiger partial charge >= 0.3 is 0 Å². The van der Waals surface area contributed by atoms with Crippen molar-refractivity contribution in [3.05, 3.63) is 77.6 Å². The van der Waals surface area contributed by atoms with Crippen LogP contribution < -0.4 is 0 Å². The van der Waals surface area contributed by atoms with Crippen molar-refractivity contribution in [3.8, 4) is 0 Å². The summed E-state index contributed by atoms with van der Waals surface area (Å²) in [5.41, 5.74) is 1.74. The maximum Gasteiger partial charge on any atom is 0.282 e. The number of pyridine rings is 1. The molecule has 0 saturated heterocycles. The zero-order chi connectivity index (χ0) is 15.8. The van der Waals surface area contributed by atoms with E-state index in [-0.39, 0.29) is 0 Å². The number of carbonyl (C=O) groups excluding carboxylic acids is 2. The van der Waals surface area contributed by atoms with E-state index in [9.17, 15) is 9.59 Å². The van der Waals surface area contributed by atoms with E-state index >= 15 is 0 Å². The van der Waals surface area contributed by atoms with Crippen molar-refractivity contribution in [3.63, 3.8) is 0 Å².